The van der Waals surface area contributed by atoms with Gasteiger partial charge >= 0.3 is 0 Å². The lowest BCUT2D eigenvalue weighted by Crippen LogP contribution is -2.13. The molecule has 2 aromatic carbocycles. The summed E-state index contributed by atoms with van der Waals surface area (Å²) in [5, 5.41) is 18.4. The third kappa shape index (κ3) is 3.45. The number of nitrogens with one attached hydrogen (secondary N) is 1. The monoisotopic (exact) mass is 360 g/mol. The molecule has 0 bridgehead atoms. The number of benzene rings is 2. The molecule has 0 saturated carbocycles. The predicted molar refractivity (Wildman–Crippen MR) is 98.5 cm³/mol. The Labute approximate surface area is 154 Å². The quantitative estimate of drug-likeness (QED) is 0.600. The normalized spacial score (nSPS) is 10.7. The molecule has 0 unspecified atom stereocenters. The van der Waals surface area contributed by atoms with Crippen LogP contribution in [0.5, 0.6) is 0 Å². The summed E-state index contributed by atoms with van der Waals surface area (Å²) in [4.78, 5) is 12.6. The zero-order valence-corrected chi connectivity index (χ0v) is 14.7. The molecule has 1 amide bonds. The first-order valence-corrected chi connectivity index (χ1v) is 8.28. The van der Waals surface area contributed by atoms with E-state index in [4.69, 9.17) is 4.42 Å². The summed E-state index contributed by atoms with van der Waals surface area (Å²) in [6, 6.07) is 13.3. The van der Waals surface area contributed by atoms with Gasteiger partial charge in [0.15, 0.2) is 5.69 Å². The molecule has 4 rings (SSSR count). The average molecular weight is 360 g/mol. The van der Waals surface area contributed by atoms with Gasteiger partial charge in [-0.2, -0.15) is 0 Å². The molecular weight excluding hydrogens is 344 g/mol. The van der Waals surface area contributed by atoms with Crippen molar-refractivity contribution in [2.24, 2.45) is 0 Å². The Morgan fingerprint density at radius 3 is 2.63 bits per heavy atom. The Morgan fingerprint density at radius 2 is 1.89 bits per heavy atom. The zero-order chi connectivity index (χ0) is 18.8. The second-order valence-corrected chi connectivity index (χ2v) is 6.11. The molecular formula is C19H16N6O2. The number of hydrogen-bond acceptors (Lipinski definition) is 6. The first-order chi connectivity index (χ1) is 13.1. The van der Waals surface area contributed by atoms with E-state index >= 15 is 0 Å². The molecule has 2 heterocycles. The van der Waals surface area contributed by atoms with Crippen molar-refractivity contribution in [1.82, 2.24) is 25.2 Å². The Hall–Kier alpha value is -3.81. The number of nitrogens with zero attached hydrogens (tertiary/aromatic N) is 5. The maximum Gasteiger partial charge on any atom is 0.277 e. The Balaban J connectivity index is 1.56. The largest absolute Gasteiger partial charge is 0.423 e. The smallest absolute Gasteiger partial charge is 0.277 e. The number of aromatic nitrogens is 5. The van der Waals surface area contributed by atoms with Gasteiger partial charge in [-0.15, -0.1) is 15.3 Å². The van der Waals surface area contributed by atoms with Crippen molar-refractivity contribution in [3.63, 3.8) is 0 Å². The van der Waals surface area contributed by atoms with Crippen LogP contribution in [0.25, 0.3) is 17.1 Å². The molecule has 27 heavy (non-hydrogen) atoms. The number of aryl methyl sites for hydroxylation is 2. The van der Waals surface area contributed by atoms with E-state index in [2.05, 4.69) is 25.8 Å². The number of carbonyl (C=O) groups is 1. The van der Waals surface area contributed by atoms with Crippen molar-refractivity contribution in [2.45, 2.75) is 13.8 Å². The topological polar surface area (TPSA) is 98.7 Å². The predicted octanol–water partition coefficient (Wildman–Crippen LogP) is 3.19. The summed E-state index contributed by atoms with van der Waals surface area (Å²) >= 11 is 0. The van der Waals surface area contributed by atoms with Crippen LogP contribution in [0.15, 0.2) is 59.5 Å². The summed E-state index contributed by atoms with van der Waals surface area (Å²) in [5.41, 5.74) is 4.46. The highest BCUT2D eigenvalue weighted by Crippen LogP contribution is 2.24. The molecule has 0 aliphatic carbocycles. The van der Waals surface area contributed by atoms with Crippen molar-refractivity contribution in [3.8, 4) is 17.1 Å². The van der Waals surface area contributed by atoms with E-state index in [1.807, 2.05) is 50.2 Å². The van der Waals surface area contributed by atoms with Gasteiger partial charge in [0.2, 0.25) is 12.3 Å². The van der Waals surface area contributed by atoms with Crippen LogP contribution >= 0.6 is 0 Å². The van der Waals surface area contributed by atoms with E-state index in [9.17, 15) is 4.79 Å². The van der Waals surface area contributed by atoms with Gasteiger partial charge in [-0.3, -0.25) is 4.79 Å². The highest BCUT2D eigenvalue weighted by Gasteiger charge is 2.14. The van der Waals surface area contributed by atoms with Crippen molar-refractivity contribution in [3.05, 3.63) is 71.9 Å². The highest BCUT2D eigenvalue weighted by molar-refractivity contribution is 6.03. The second kappa shape index (κ2) is 6.83. The molecule has 0 spiro atoms. The lowest BCUT2D eigenvalue weighted by molar-refractivity contribution is 0.102. The molecule has 0 radical (unpaired) electrons. The highest BCUT2D eigenvalue weighted by atomic mass is 16.4. The van der Waals surface area contributed by atoms with Crippen molar-refractivity contribution in [1.29, 1.82) is 0 Å². The van der Waals surface area contributed by atoms with Crippen molar-refractivity contribution >= 4 is 11.6 Å². The zero-order valence-electron chi connectivity index (χ0n) is 14.7. The van der Waals surface area contributed by atoms with Gasteiger partial charge in [-0.1, -0.05) is 29.0 Å². The van der Waals surface area contributed by atoms with Crippen LogP contribution in [0.2, 0.25) is 0 Å². The molecule has 1 N–H and O–H groups in total. The molecule has 0 aliphatic rings. The fourth-order valence-electron chi connectivity index (χ4n) is 2.57. The standard InChI is InChI=1S/C19H16N6O2/c1-12-3-7-15(8-4-12)25-10-17(22-24-25)18(26)21-16-9-14(6-5-13(16)2)19-23-20-11-27-19/h3-11H,1-2H3,(H,21,26). The van der Waals surface area contributed by atoms with Crippen LogP contribution in [0, 0.1) is 13.8 Å². The van der Waals surface area contributed by atoms with Crippen LogP contribution in [0.4, 0.5) is 5.69 Å². The van der Waals surface area contributed by atoms with Gasteiger partial charge in [0, 0.05) is 11.3 Å². The summed E-state index contributed by atoms with van der Waals surface area (Å²) in [6.45, 7) is 3.91. The molecule has 8 nitrogen and oxygen atoms in total. The van der Waals surface area contributed by atoms with Crippen LogP contribution in [-0.4, -0.2) is 31.1 Å². The molecule has 0 atom stereocenters. The number of anilines is 1. The van der Waals surface area contributed by atoms with Gasteiger partial charge < -0.3 is 9.73 Å². The minimum Gasteiger partial charge on any atom is -0.423 e. The van der Waals surface area contributed by atoms with Gasteiger partial charge in [0.1, 0.15) is 0 Å². The first kappa shape index (κ1) is 16.6. The average Bonchev–Trinajstić information content (AvgIpc) is 3.36. The third-order valence-electron chi connectivity index (χ3n) is 4.12. The van der Waals surface area contributed by atoms with Crippen LogP contribution in [0.3, 0.4) is 0 Å². The van der Waals surface area contributed by atoms with E-state index < -0.39 is 0 Å². The molecule has 0 fully saturated rings. The summed E-state index contributed by atoms with van der Waals surface area (Å²) in [6.07, 6.45) is 2.86. The fraction of sp³-hybridized carbons (Fsp3) is 0.105. The molecule has 8 heteroatoms. The van der Waals surface area contributed by atoms with Gasteiger partial charge in [0.25, 0.3) is 5.91 Å². The summed E-state index contributed by atoms with van der Waals surface area (Å²) in [5.74, 6) is 0.0370. The third-order valence-corrected chi connectivity index (χ3v) is 4.12. The minimum atomic E-state index is -0.348. The van der Waals surface area contributed by atoms with Crippen molar-refractivity contribution in [2.75, 3.05) is 5.32 Å². The Morgan fingerprint density at radius 1 is 1.07 bits per heavy atom. The molecule has 134 valence electrons. The molecule has 0 saturated heterocycles. The SMILES string of the molecule is Cc1ccc(-n2cc(C(=O)Nc3cc(-c4nnco4)ccc3C)nn2)cc1. The summed E-state index contributed by atoms with van der Waals surface area (Å²) in [7, 11) is 0. The van der Waals surface area contributed by atoms with Crippen LogP contribution in [-0.2, 0) is 0 Å². The first-order valence-electron chi connectivity index (χ1n) is 8.28. The number of carbonyl (C=O) groups excluding carboxylic acids is 1. The maximum absolute atomic E-state index is 12.6. The van der Waals surface area contributed by atoms with E-state index in [-0.39, 0.29) is 11.6 Å². The fourth-order valence-corrected chi connectivity index (χ4v) is 2.57. The lowest BCUT2D eigenvalue weighted by atomic mass is 10.1. The van der Waals surface area contributed by atoms with Crippen molar-refractivity contribution < 1.29 is 9.21 Å². The van der Waals surface area contributed by atoms with E-state index in [0.29, 0.717) is 11.6 Å². The molecule has 2 aromatic heterocycles. The number of hydrogen-bond donors (Lipinski definition) is 1. The number of amides is 1. The number of rotatable bonds is 4. The van der Waals surface area contributed by atoms with Crippen LogP contribution < -0.4 is 5.32 Å². The van der Waals surface area contributed by atoms with E-state index in [1.165, 1.54) is 6.39 Å². The Kier molecular flexibility index (Phi) is 4.21. The van der Waals surface area contributed by atoms with E-state index in [1.54, 1.807) is 16.9 Å². The Bertz CT molecular complexity index is 1080. The minimum absolute atomic E-state index is 0.221. The van der Waals surface area contributed by atoms with Crippen LogP contribution in [0.1, 0.15) is 21.6 Å². The second-order valence-electron chi connectivity index (χ2n) is 6.11. The molecule has 4 aromatic rings. The van der Waals surface area contributed by atoms with Gasteiger partial charge in [-0.05, 0) is 43.7 Å². The van der Waals surface area contributed by atoms with E-state index in [0.717, 1.165) is 22.4 Å². The maximum atomic E-state index is 12.6. The molecule has 0 aliphatic heterocycles. The summed E-state index contributed by atoms with van der Waals surface area (Å²) < 4.78 is 6.77. The lowest BCUT2D eigenvalue weighted by Gasteiger charge is -2.08. The van der Waals surface area contributed by atoms with Gasteiger partial charge in [-0.25, -0.2) is 4.68 Å². The van der Waals surface area contributed by atoms with Gasteiger partial charge in [0.05, 0.1) is 11.9 Å².